The van der Waals surface area contributed by atoms with E-state index >= 15 is 0 Å². The van der Waals surface area contributed by atoms with Gasteiger partial charge in [0.15, 0.2) is 15.0 Å². The van der Waals surface area contributed by atoms with Crippen LogP contribution in [0.2, 0.25) is 0 Å². The van der Waals surface area contributed by atoms with Crippen molar-refractivity contribution in [2.24, 2.45) is 0 Å². The van der Waals surface area contributed by atoms with Gasteiger partial charge in [-0.15, -0.1) is 0 Å². The lowest BCUT2D eigenvalue weighted by atomic mass is 10.1. The van der Waals surface area contributed by atoms with E-state index in [1.165, 1.54) is 23.5 Å². The highest BCUT2D eigenvalue weighted by Gasteiger charge is 2.18. The van der Waals surface area contributed by atoms with Crippen LogP contribution in [0.15, 0.2) is 41.3 Å². The summed E-state index contributed by atoms with van der Waals surface area (Å²) in [5.74, 6) is -1.29. The Labute approximate surface area is 154 Å². The van der Waals surface area contributed by atoms with Gasteiger partial charge in [0.25, 0.3) is 0 Å². The molecule has 26 heavy (non-hydrogen) atoms. The van der Waals surface area contributed by atoms with Crippen LogP contribution in [0.3, 0.4) is 0 Å². The quantitative estimate of drug-likeness (QED) is 0.669. The van der Waals surface area contributed by atoms with Crippen LogP contribution in [0.25, 0.3) is 10.2 Å². The second-order valence-corrected chi connectivity index (χ2v) is 9.08. The normalized spacial score (nSPS) is 11.7. The Kier molecular flexibility index (Phi) is 5.06. The lowest BCUT2D eigenvalue weighted by Crippen LogP contribution is -2.17. The maximum Gasteiger partial charge on any atom is 0.227 e. The number of benzene rings is 2. The summed E-state index contributed by atoms with van der Waals surface area (Å²) in [6, 6.07) is 8.52. The number of thiazole rings is 1. The molecule has 0 unspecified atom stereocenters. The Bertz CT molecular complexity index is 1030. The molecule has 0 aliphatic rings. The predicted octanol–water partition coefficient (Wildman–Crippen LogP) is 3.85. The van der Waals surface area contributed by atoms with Crippen LogP contribution in [0.5, 0.6) is 0 Å². The SMILES string of the molecule is Cc1ccc(C)c2sc(NC(=O)CCS(=O)(=O)c3ccc(F)cc3)nc12. The Morgan fingerprint density at radius 2 is 1.77 bits per heavy atom. The Hall–Kier alpha value is -2.32. The second kappa shape index (κ2) is 7.13. The number of carbonyl (C=O) groups is 1. The fourth-order valence-corrected chi connectivity index (χ4v) is 4.75. The number of hydrogen-bond acceptors (Lipinski definition) is 5. The number of rotatable bonds is 5. The van der Waals surface area contributed by atoms with Crippen LogP contribution in [-0.2, 0) is 14.6 Å². The highest BCUT2D eigenvalue weighted by Crippen LogP contribution is 2.30. The van der Waals surface area contributed by atoms with Crippen LogP contribution < -0.4 is 5.32 Å². The molecule has 3 aromatic rings. The third kappa shape index (κ3) is 3.91. The number of fused-ring (bicyclic) bond motifs is 1. The van der Waals surface area contributed by atoms with Gasteiger partial charge in [-0.05, 0) is 49.2 Å². The molecule has 136 valence electrons. The van der Waals surface area contributed by atoms with Gasteiger partial charge in [0, 0.05) is 6.42 Å². The predicted molar refractivity (Wildman–Crippen MR) is 101 cm³/mol. The van der Waals surface area contributed by atoms with E-state index in [1.54, 1.807) is 0 Å². The first-order valence-corrected chi connectivity index (χ1v) is 10.4. The summed E-state index contributed by atoms with van der Waals surface area (Å²) in [5, 5.41) is 3.11. The van der Waals surface area contributed by atoms with Crippen molar-refractivity contribution in [2.75, 3.05) is 11.1 Å². The number of nitrogens with one attached hydrogen (secondary N) is 1. The van der Waals surface area contributed by atoms with Gasteiger partial charge in [0.2, 0.25) is 5.91 Å². The molecule has 8 heteroatoms. The molecule has 1 N–H and O–H groups in total. The van der Waals surface area contributed by atoms with Gasteiger partial charge < -0.3 is 5.32 Å². The smallest absolute Gasteiger partial charge is 0.227 e. The number of aryl methyl sites for hydroxylation is 2. The van der Waals surface area contributed by atoms with Gasteiger partial charge in [-0.25, -0.2) is 17.8 Å². The van der Waals surface area contributed by atoms with E-state index in [1.807, 2.05) is 26.0 Å². The second-order valence-electron chi connectivity index (χ2n) is 5.97. The van der Waals surface area contributed by atoms with Crippen LogP contribution in [0, 0.1) is 19.7 Å². The molecule has 1 heterocycles. The number of halogens is 1. The third-order valence-corrected chi connectivity index (χ3v) is 6.80. The molecule has 0 spiro atoms. The minimum Gasteiger partial charge on any atom is -0.302 e. The zero-order valence-corrected chi connectivity index (χ0v) is 15.9. The Morgan fingerprint density at radius 3 is 2.42 bits per heavy atom. The topological polar surface area (TPSA) is 76.1 Å². The van der Waals surface area contributed by atoms with Crippen molar-refractivity contribution in [3.63, 3.8) is 0 Å². The molecule has 0 radical (unpaired) electrons. The lowest BCUT2D eigenvalue weighted by molar-refractivity contribution is -0.115. The molecule has 0 saturated heterocycles. The van der Waals surface area contributed by atoms with Gasteiger partial charge in [0.05, 0.1) is 20.9 Å². The first-order valence-electron chi connectivity index (χ1n) is 7.91. The first kappa shape index (κ1) is 18.5. The maximum absolute atomic E-state index is 12.9. The molecule has 0 bridgehead atoms. The standard InChI is InChI=1S/C18H17FN2O3S2/c1-11-3-4-12(2)17-16(11)21-18(25-17)20-15(22)9-10-26(23,24)14-7-5-13(19)6-8-14/h3-8H,9-10H2,1-2H3,(H,20,21,22). The average molecular weight is 392 g/mol. The number of nitrogens with zero attached hydrogens (tertiary/aromatic N) is 1. The largest absolute Gasteiger partial charge is 0.302 e. The molecule has 5 nitrogen and oxygen atoms in total. The summed E-state index contributed by atoms with van der Waals surface area (Å²) < 4.78 is 38.3. The van der Waals surface area contributed by atoms with E-state index in [2.05, 4.69) is 10.3 Å². The average Bonchev–Trinajstić information content (AvgIpc) is 3.02. The number of aromatic nitrogens is 1. The van der Waals surface area contributed by atoms with E-state index < -0.39 is 21.6 Å². The summed E-state index contributed by atoms with van der Waals surface area (Å²) in [6.45, 7) is 3.92. The molecule has 0 aliphatic heterocycles. The van der Waals surface area contributed by atoms with E-state index in [-0.39, 0.29) is 17.1 Å². The molecular weight excluding hydrogens is 375 g/mol. The van der Waals surface area contributed by atoms with Crippen molar-refractivity contribution in [1.82, 2.24) is 4.98 Å². The Balaban J connectivity index is 1.68. The molecule has 0 atom stereocenters. The van der Waals surface area contributed by atoms with Gasteiger partial charge in [-0.1, -0.05) is 23.5 Å². The molecule has 3 rings (SSSR count). The summed E-state index contributed by atoms with van der Waals surface area (Å²) >= 11 is 1.36. The summed E-state index contributed by atoms with van der Waals surface area (Å²) in [6.07, 6.45) is -0.201. The van der Waals surface area contributed by atoms with Crippen molar-refractivity contribution in [3.05, 3.63) is 53.3 Å². The van der Waals surface area contributed by atoms with Gasteiger partial charge >= 0.3 is 0 Å². The number of carbonyl (C=O) groups excluding carboxylic acids is 1. The molecule has 1 aromatic heterocycles. The monoisotopic (exact) mass is 392 g/mol. The van der Waals surface area contributed by atoms with Gasteiger partial charge in [0.1, 0.15) is 5.82 Å². The zero-order chi connectivity index (χ0) is 18.9. The van der Waals surface area contributed by atoms with Crippen molar-refractivity contribution in [2.45, 2.75) is 25.2 Å². The van der Waals surface area contributed by atoms with Crippen LogP contribution in [0.1, 0.15) is 17.5 Å². The number of sulfone groups is 1. The van der Waals surface area contributed by atoms with E-state index in [0.717, 1.165) is 33.5 Å². The highest BCUT2D eigenvalue weighted by molar-refractivity contribution is 7.91. The molecule has 0 aliphatic carbocycles. The minimum atomic E-state index is -3.65. The minimum absolute atomic E-state index is 0.00191. The molecule has 1 amide bonds. The van der Waals surface area contributed by atoms with Gasteiger partial charge in [-0.2, -0.15) is 0 Å². The van der Waals surface area contributed by atoms with Crippen LogP contribution >= 0.6 is 11.3 Å². The number of hydrogen-bond donors (Lipinski definition) is 1. The van der Waals surface area contributed by atoms with E-state index in [4.69, 9.17) is 0 Å². The Morgan fingerprint density at radius 1 is 1.12 bits per heavy atom. The fraction of sp³-hybridized carbons (Fsp3) is 0.222. The van der Waals surface area contributed by atoms with E-state index in [0.29, 0.717) is 5.13 Å². The first-order chi connectivity index (χ1) is 12.3. The zero-order valence-electron chi connectivity index (χ0n) is 14.2. The highest BCUT2D eigenvalue weighted by atomic mass is 32.2. The van der Waals surface area contributed by atoms with Crippen molar-refractivity contribution >= 4 is 42.4 Å². The third-order valence-electron chi connectivity index (χ3n) is 3.96. The summed E-state index contributed by atoms with van der Waals surface area (Å²) in [5.41, 5.74) is 2.92. The van der Waals surface area contributed by atoms with Crippen LogP contribution in [0.4, 0.5) is 9.52 Å². The fourth-order valence-electron chi connectivity index (χ4n) is 2.48. The number of anilines is 1. The summed E-state index contributed by atoms with van der Waals surface area (Å²) in [4.78, 5) is 16.5. The lowest BCUT2D eigenvalue weighted by Gasteiger charge is -2.04. The van der Waals surface area contributed by atoms with Crippen molar-refractivity contribution in [3.8, 4) is 0 Å². The van der Waals surface area contributed by atoms with Crippen LogP contribution in [-0.4, -0.2) is 25.1 Å². The molecule has 0 fully saturated rings. The van der Waals surface area contributed by atoms with Gasteiger partial charge in [-0.3, -0.25) is 4.79 Å². The number of amides is 1. The van der Waals surface area contributed by atoms with Crippen molar-refractivity contribution in [1.29, 1.82) is 0 Å². The summed E-state index contributed by atoms with van der Waals surface area (Å²) in [7, 11) is -3.65. The van der Waals surface area contributed by atoms with Crippen molar-refractivity contribution < 1.29 is 17.6 Å². The maximum atomic E-state index is 12.9. The molecule has 2 aromatic carbocycles. The molecular formula is C18H17FN2O3S2. The van der Waals surface area contributed by atoms with E-state index in [9.17, 15) is 17.6 Å². The molecule has 0 saturated carbocycles.